The zero-order valence-electron chi connectivity index (χ0n) is 14.4. The third kappa shape index (κ3) is 3.70. The van der Waals surface area contributed by atoms with Gasteiger partial charge in [0, 0.05) is 44.5 Å². The molecule has 1 saturated carbocycles. The number of piperazine rings is 1. The molecule has 0 bridgehead atoms. The smallest absolute Gasteiger partial charge is 0.228 e. The monoisotopic (exact) mass is 338 g/mol. The maximum atomic E-state index is 11.8. The van der Waals surface area contributed by atoms with Crippen LogP contribution in [-0.2, 0) is 4.79 Å². The maximum Gasteiger partial charge on any atom is 0.228 e. The Labute approximate surface area is 147 Å². The van der Waals surface area contributed by atoms with E-state index < -0.39 is 0 Å². The van der Waals surface area contributed by atoms with E-state index in [0.29, 0.717) is 5.82 Å². The third-order valence-electron chi connectivity index (χ3n) is 4.64. The Balaban J connectivity index is 1.34. The largest absolute Gasteiger partial charge is 0.367 e. The quantitative estimate of drug-likeness (QED) is 0.917. The van der Waals surface area contributed by atoms with Crippen molar-refractivity contribution in [3.05, 3.63) is 36.3 Å². The lowest BCUT2D eigenvalue weighted by atomic mass is 10.2. The van der Waals surface area contributed by atoms with Gasteiger partial charge in [0.05, 0.1) is 11.9 Å². The second kappa shape index (κ2) is 6.66. The number of aromatic nitrogens is 3. The van der Waals surface area contributed by atoms with E-state index in [-0.39, 0.29) is 11.8 Å². The number of anilines is 3. The second-order valence-corrected chi connectivity index (χ2v) is 6.70. The molecule has 2 fully saturated rings. The summed E-state index contributed by atoms with van der Waals surface area (Å²) in [5.74, 6) is 1.71. The molecule has 1 aliphatic heterocycles. The van der Waals surface area contributed by atoms with E-state index in [1.165, 1.54) is 0 Å². The fourth-order valence-electron chi connectivity index (χ4n) is 2.93. The number of rotatable bonds is 4. The van der Waals surface area contributed by atoms with Crippen LogP contribution in [0.1, 0.15) is 18.4 Å². The molecule has 0 spiro atoms. The Morgan fingerprint density at radius 3 is 2.28 bits per heavy atom. The highest BCUT2D eigenvalue weighted by Gasteiger charge is 2.29. The van der Waals surface area contributed by atoms with Crippen LogP contribution in [0.2, 0.25) is 0 Å². The van der Waals surface area contributed by atoms with Gasteiger partial charge >= 0.3 is 0 Å². The first-order valence-corrected chi connectivity index (χ1v) is 8.74. The van der Waals surface area contributed by atoms with Gasteiger partial charge in [-0.05, 0) is 37.5 Å². The van der Waals surface area contributed by atoms with Crippen molar-refractivity contribution < 1.29 is 4.79 Å². The Hall–Kier alpha value is -2.70. The minimum Gasteiger partial charge on any atom is -0.367 e. The average molecular weight is 338 g/mol. The molecule has 1 aliphatic carbocycles. The molecule has 0 unspecified atom stereocenters. The van der Waals surface area contributed by atoms with E-state index in [1.807, 2.05) is 37.6 Å². The van der Waals surface area contributed by atoms with E-state index in [9.17, 15) is 4.79 Å². The van der Waals surface area contributed by atoms with Crippen LogP contribution in [0.3, 0.4) is 0 Å². The van der Waals surface area contributed by atoms with Crippen molar-refractivity contribution in [1.29, 1.82) is 0 Å². The number of carbonyl (C=O) groups excluding carboxylic acids is 1. The molecular weight excluding hydrogens is 316 g/mol. The van der Waals surface area contributed by atoms with Crippen LogP contribution in [0.25, 0.3) is 0 Å². The molecule has 2 aliphatic rings. The summed E-state index contributed by atoms with van der Waals surface area (Å²) >= 11 is 0. The van der Waals surface area contributed by atoms with Gasteiger partial charge in [0.15, 0.2) is 0 Å². The van der Waals surface area contributed by atoms with Crippen molar-refractivity contribution in [3.8, 4) is 0 Å². The summed E-state index contributed by atoms with van der Waals surface area (Å²) in [7, 11) is 0. The minimum atomic E-state index is 0.0898. The Bertz CT molecular complexity index is 733. The van der Waals surface area contributed by atoms with E-state index in [2.05, 4.69) is 30.1 Å². The first kappa shape index (κ1) is 15.8. The predicted molar refractivity (Wildman–Crippen MR) is 96.8 cm³/mol. The molecule has 3 heterocycles. The first-order valence-electron chi connectivity index (χ1n) is 8.74. The fourth-order valence-corrected chi connectivity index (χ4v) is 2.93. The third-order valence-corrected chi connectivity index (χ3v) is 4.64. The maximum absolute atomic E-state index is 11.8. The van der Waals surface area contributed by atoms with Gasteiger partial charge < -0.3 is 15.1 Å². The number of nitrogens with zero attached hydrogens (tertiary/aromatic N) is 5. The van der Waals surface area contributed by atoms with Gasteiger partial charge in [0.1, 0.15) is 5.82 Å². The van der Waals surface area contributed by atoms with Crippen LogP contribution < -0.4 is 15.1 Å². The number of hydrogen-bond acceptors (Lipinski definition) is 6. The lowest BCUT2D eigenvalue weighted by molar-refractivity contribution is -0.117. The first-order chi connectivity index (χ1) is 12.2. The molecule has 7 heteroatoms. The molecule has 0 radical (unpaired) electrons. The van der Waals surface area contributed by atoms with Gasteiger partial charge in [-0.15, -0.1) is 0 Å². The Morgan fingerprint density at radius 1 is 1.00 bits per heavy atom. The molecule has 2 aromatic rings. The minimum absolute atomic E-state index is 0.0898. The molecule has 1 amide bonds. The van der Waals surface area contributed by atoms with Crippen molar-refractivity contribution in [1.82, 2.24) is 15.0 Å². The molecule has 130 valence electrons. The van der Waals surface area contributed by atoms with Gasteiger partial charge in [-0.2, -0.15) is 0 Å². The summed E-state index contributed by atoms with van der Waals surface area (Å²) in [5.41, 5.74) is 2.15. The standard InChI is InChI=1S/C18H22N6O/c1-13-10-20-18(21-11-13)24-8-6-23(7-9-24)15-4-5-16(19-12-15)22-17(25)14-2-3-14/h4-5,10-12,14H,2-3,6-9H2,1H3,(H,19,22,25). The lowest BCUT2D eigenvalue weighted by Gasteiger charge is -2.35. The van der Waals surface area contributed by atoms with Crippen LogP contribution in [0.4, 0.5) is 17.5 Å². The zero-order valence-corrected chi connectivity index (χ0v) is 14.4. The number of nitrogens with one attached hydrogen (secondary N) is 1. The normalized spacial score (nSPS) is 17.5. The number of amides is 1. The van der Waals surface area contributed by atoms with E-state index in [1.54, 1.807) is 0 Å². The lowest BCUT2D eigenvalue weighted by Crippen LogP contribution is -2.47. The SMILES string of the molecule is Cc1cnc(N2CCN(c3ccc(NC(=O)C4CC4)nc3)CC2)nc1. The van der Waals surface area contributed by atoms with Gasteiger partial charge in [-0.3, -0.25) is 4.79 Å². The predicted octanol–water partition coefficient (Wildman–Crippen LogP) is 1.86. The second-order valence-electron chi connectivity index (χ2n) is 6.70. The molecule has 0 aromatic carbocycles. The molecule has 7 nitrogen and oxygen atoms in total. The van der Waals surface area contributed by atoms with Gasteiger partial charge in [-0.1, -0.05) is 0 Å². The molecule has 1 saturated heterocycles. The average Bonchev–Trinajstić information content (AvgIpc) is 3.49. The molecule has 2 aromatic heterocycles. The number of hydrogen-bond donors (Lipinski definition) is 1. The topological polar surface area (TPSA) is 74.2 Å². The number of aryl methyl sites for hydroxylation is 1. The molecule has 4 rings (SSSR count). The van der Waals surface area contributed by atoms with Crippen LogP contribution in [0.5, 0.6) is 0 Å². The number of pyridine rings is 1. The van der Waals surface area contributed by atoms with Gasteiger partial charge in [0.25, 0.3) is 0 Å². The van der Waals surface area contributed by atoms with Crippen molar-refractivity contribution in [3.63, 3.8) is 0 Å². The summed E-state index contributed by atoms with van der Waals surface area (Å²) in [6.07, 6.45) is 7.54. The van der Waals surface area contributed by atoms with E-state index >= 15 is 0 Å². The number of carbonyl (C=O) groups is 1. The summed E-state index contributed by atoms with van der Waals surface area (Å²) < 4.78 is 0. The van der Waals surface area contributed by atoms with Crippen LogP contribution in [-0.4, -0.2) is 47.0 Å². The van der Waals surface area contributed by atoms with Crippen molar-refractivity contribution >= 4 is 23.4 Å². The highest BCUT2D eigenvalue weighted by Crippen LogP contribution is 2.30. The molecule has 1 N–H and O–H groups in total. The molecule has 25 heavy (non-hydrogen) atoms. The van der Waals surface area contributed by atoms with Crippen LogP contribution in [0, 0.1) is 12.8 Å². The molecular formula is C18H22N6O. The van der Waals surface area contributed by atoms with Crippen molar-refractivity contribution in [2.75, 3.05) is 41.3 Å². The summed E-state index contributed by atoms with van der Waals surface area (Å²) in [5, 5.41) is 2.87. The highest BCUT2D eigenvalue weighted by molar-refractivity contribution is 5.93. The van der Waals surface area contributed by atoms with E-state index in [0.717, 1.165) is 56.2 Å². The van der Waals surface area contributed by atoms with Crippen LogP contribution >= 0.6 is 0 Å². The molecule has 0 atom stereocenters. The van der Waals surface area contributed by atoms with Gasteiger partial charge in [-0.25, -0.2) is 15.0 Å². The summed E-state index contributed by atoms with van der Waals surface area (Å²) in [6, 6.07) is 3.90. The highest BCUT2D eigenvalue weighted by atomic mass is 16.2. The van der Waals surface area contributed by atoms with Crippen molar-refractivity contribution in [2.24, 2.45) is 5.92 Å². The van der Waals surface area contributed by atoms with Gasteiger partial charge in [0.2, 0.25) is 11.9 Å². The summed E-state index contributed by atoms with van der Waals surface area (Å²) in [6.45, 7) is 5.54. The van der Waals surface area contributed by atoms with Crippen molar-refractivity contribution in [2.45, 2.75) is 19.8 Å². The zero-order chi connectivity index (χ0) is 17.2. The summed E-state index contributed by atoms with van der Waals surface area (Å²) in [4.78, 5) is 29.5. The van der Waals surface area contributed by atoms with E-state index in [4.69, 9.17) is 0 Å². The van der Waals surface area contributed by atoms with Crippen LogP contribution in [0.15, 0.2) is 30.7 Å². The Kier molecular flexibility index (Phi) is 4.21. The Morgan fingerprint density at radius 2 is 1.68 bits per heavy atom. The fraction of sp³-hybridized carbons (Fsp3) is 0.444.